The number of hydrogen-bond acceptors (Lipinski definition) is 5. The molecule has 6 heteroatoms. The second-order valence-electron chi connectivity index (χ2n) is 14.7. The molecule has 0 spiro atoms. The summed E-state index contributed by atoms with van der Waals surface area (Å²) in [7, 11) is 0. The zero-order valence-electron chi connectivity index (χ0n) is 24.4. The molecule has 5 aliphatic carbocycles. The van der Waals surface area contributed by atoms with Gasteiger partial charge in [0, 0.05) is 6.04 Å². The van der Waals surface area contributed by atoms with E-state index < -0.39 is 0 Å². The van der Waals surface area contributed by atoms with Crippen molar-refractivity contribution in [2.45, 2.75) is 136 Å². The molecule has 0 aliphatic heterocycles. The van der Waals surface area contributed by atoms with Gasteiger partial charge in [0.05, 0.1) is 24.9 Å². The number of rotatable bonds is 6. The molecule has 5 fully saturated rings. The Morgan fingerprint density at radius 2 is 1.58 bits per heavy atom. The summed E-state index contributed by atoms with van der Waals surface area (Å²) in [5, 5.41) is 35.1. The van der Waals surface area contributed by atoms with E-state index in [2.05, 4.69) is 33.0 Å². The average molecular weight is 534 g/mol. The lowest BCUT2D eigenvalue weighted by Gasteiger charge is -2.64. The summed E-state index contributed by atoms with van der Waals surface area (Å²) in [6, 6.07) is 0.121. The molecule has 6 nitrogen and oxygen atoms in total. The average Bonchev–Trinajstić information content (AvgIpc) is 3.24. The maximum atomic E-state index is 12.4. The Labute approximate surface area is 230 Å². The molecule has 0 saturated heterocycles. The van der Waals surface area contributed by atoms with E-state index >= 15 is 0 Å². The molecule has 0 aromatic carbocycles. The molecule has 5 aliphatic rings. The van der Waals surface area contributed by atoms with Gasteiger partial charge in [-0.2, -0.15) is 0 Å². The highest BCUT2D eigenvalue weighted by molar-refractivity contribution is 5.67. The Bertz CT molecular complexity index is 829. The minimum absolute atomic E-state index is 0.121. The Kier molecular flexibility index (Phi) is 8.45. The van der Waals surface area contributed by atoms with Crippen LogP contribution >= 0.6 is 0 Å². The van der Waals surface area contributed by atoms with Gasteiger partial charge in [0.2, 0.25) is 0 Å². The van der Waals surface area contributed by atoms with Gasteiger partial charge in [-0.15, -0.1) is 0 Å². The van der Waals surface area contributed by atoms with Crippen LogP contribution in [0.5, 0.6) is 0 Å². The van der Waals surface area contributed by atoms with Crippen LogP contribution in [0.2, 0.25) is 0 Å². The molecule has 0 aromatic rings. The van der Waals surface area contributed by atoms with Gasteiger partial charge in [-0.1, -0.05) is 34.1 Å². The number of carbonyl (C=O) groups excluding carboxylic acids is 1. The van der Waals surface area contributed by atoms with Crippen LogP contribution in [0, 0.1) is 52.3 Å². The van der Waals surface area contributed by atoms with Crippen molar-refractivity contribution in [3.63, 3.8) is 0 Å². The quantitative estimate of drug-likeness (QED) is 0.353. The van der Waals surface area contributed by atoms with Gasteiger partial charge < -0.3 is 25.4 Å². The minimum Gasteiger partial charge on any atom is -0.450 e. The van der Waals surface area contributed by atoms with E-state index in [0.717, 1.165) is 57.8 Å². The topological polar surface area (TPSA) is 99.0 Å². The number of nitrogens with one attached hydrogen (secondary N) is 1. The van der Waals surface area contributed by atoms with Crippen molar-refractivity contribution in [1.82, 2.24) is 5.32 Å². The van der Waals surface area contributed by atoms with Crippen molar-refractivity contribution in [3.8, 4) is 0 Å². The zero-order chi connectivity index (χ0) is 27.2. The molecule has 0 heterocycles. The zero-order valence-corrected chi connectivity index (χ0v) is 24.4. The lowest BCUT2D eigenvalue weighted by Crippen LogP contribution is -2.62. The lowest BCUT2D eigenvalue weighted by atomic mass is 9.41. The summed E-state index contributed by atoms with van der Waals surface area (Å²) < 4.78 is 5.61. The maximum absolute atomic E-state index is 12.4. The highest BCUT2D eigenvalue weighted by Crippen LogP contribution is 2.69. The Morgan fingerprint density at radius 1 is 0.895 bits per heavy atom. The largest absolute Gasteiger partial charge is 0.450 e. The van der Waals surface area contributed by atoms with Gasteiger partial charge in [-0.25, -0.2) is 4.79 Å². The third kappa shape index (κ3) is 5.04. The van der Waals surface area contributed by atoms with Crippen LogP contribution in [-0.4, -0.2) is 52.4 Å². The summed E-state index contributed by atoms with van der Waals surface area (Å²) in [6.07, 6.45) is 11.8. The van der Waals surface area contributed by atoms with E-state index in [1.54, 1.807) is 0 Å². The van der Waals surface area contributed by atoms with Crippen LogP contribution in [0.25, 0.3) is 0 Å². The number of alkyl carbamates (subject to hydrolysis) is 1. The molecule has 218 valence electrons. The maximum Gasteiger partial charge on any atom is 0.407 e. The van der Waals surface area contributed by atoms with Gasteiger partial charge in [-0.3, -0.25) is 0 Å². The van der Waals surface area contributed by atoms with Gasteiger partial charge in [0.1, 0.15) is 0 Å². The molecular formula is C32H55NO5. The molecule has 0 aromatic heterocycles. The second kappa shape index (κ2) is 11.2. The molecule has 38 heavy (non-hydrogen) atoms. The molecule has 4 N–H and O–H groups in total. The number of hydrogen-bond donors (Lipinski definition) is 4. The van der Waals surface area contributed by atoms with E-state index in [1.807, 2.05) is 0 Å². The van der Waals surface area contributed by atoms with Gasteiger partial charge in [0.25, 0.3) is 0 Å². The van der Waals surface area contributed by atoms with Crippen molar-refractivity contribution in [2.24, 2.45) is 52.3 Å². The first-order valence-electron chi connectivity index (χ1n) is 16.1. The van der Waals surface area contributed by atoms with Crippen molar-refractivity contribution in [3.05, 3.63) is 0 Å². The van der Waals surface area contributed by atoms with E-state index in [9.17, 15) is 20.1 Å². The Balaban J connectivity index is 1.20. The summed E-state index contributed by atoms with van der Waals surface area (Å²) in [5.41, 5.74) is 0.481. The predicted molar refractivity (Wildman–Crippen MR) is 148 cm³/mol. The summed E-state index contributed by atoms with van der Waals surface area (Å²) in [6.45, 7) is 10.1. The van der Waals surface area contributed by atoms with Crippen LogP contribution in [0.3, 0.4) is 0 Å². The molecule has 5 saturated carbocycles. The van der Waals surface area contributed by atoms with Crippen LogP contribution in [0.15, 0.2) is 0 Å². The fourth-order valence-electron chi connectivity index (χ4n) is 10.9. The molecule has 0 bridgehead atoms. The van der Waals surface area contributed by atoms with E-state index in [4.69, 9.17) is 4.74 Å². The van der Waals surface area contributed by atoms with Crippen LogP contribution in [0.4, 0.5) is 4.79 Å². The van der Waals surface area contributed by atoms with Gasteiger partial charge >= 0.3 is 6.09 Å². The number of ether oxygens (including phenoxy) is 1. The third-order valence-electron chi connectivity index (χ3n) is 13.0. The molecular weight excluding hydrogens is 478 g/mol. The molecule has 5 rings (SSSR count). The number of carbonyl (C=O) groups is 1. The minimum atomic E-state index is -0.314. The smallest absolute Gasteiger partial charge is 0.407 e. The van der Waals surface area contributed by atoms with Crippen molar-refractivity contribution in [2.75, 3.05) is 6.61 Å². The fourth-order valence-corrected chi connectivity index (χ4v) is 10.9. The van der Waals surface area contributed by atoms with Crippen LogP contribution in [-0.2, 0) is 4.74 Å². The van der Waals surface area contributed by atoms with Crippen molar-refractivity contribution in [1.29, 1.82) is 0 Å². The van der Waals surface area contributed by atoms with E-state index in [-0.39, 0.29) is 41.3 Å². The van der Waals surface area contributed by atoms with Gasteiger partial charge in [0.15, 0.2) is 0 Å². The van der Waals surface area contributed by atoms with E-state index in [1.165, 1.54) is 25.7 Å². The second-order valence-corrected chi connectivity index (χ2v) is 14.7. The summed E-state index contributed by atoms with van der Waals surface area (Å²) in [4.78, 5) is 12.4. The molecule has 11 atom stereocenters. The van der Waals surface area contributed by atoms with Gasteiger partial charge in [-0.05, 0) is 129 Å². The highest BCUT2D eigenvalue weighted by atomic mass is 16.5. The number of fused-ring (bicyclic) bond motifs is 5. The first-order valence-corrected chi connectivity index (χ1v) is 16.1. The monoisotopic (exact) mass is 533 g/mol. The van der Waals surface area contributed by atoms with E-state index in [0.29, 0.717) is 48.0 Å². The third-order valence-corrected chi connectivity index (χ3v) is 13.0. The first kappa shape index (κ1) is 28.7. The standard InChI is InChI=1S/C32H55NO5/c1-5-23-27-18-22(35)12-15-32(27,4)26-13-16-31(3)24(10-11-25(31)28(26)29(23)36)19(2)14-17-38-30(37)33-20-6-8-21(34)9-7-20/h19-29,34-36H,5-18H2,1-4H3,(H,33,37)/t19-,20?,21?,22-,23-,24-,25+,26+,27?,28?,29-,31-,32?/m1/s1. The van der Waals surface area contributed by atoms with Crippen molar-refractivity contribution < 1.29 is 24.9 Å². The first-order chi connectivity index (χ1) is 18.1. The number of amides is 1. The Hall–Kier alpha value is -0.850. The van der Waals surface area contributed by atoms with Crippen LogP contribution in [0.1, 0.15) is 111 Å². The fraction of sp³-hybridized carbons (Fsp3) is 0.969. The molecule has 3 unspecified atom stereocenters. The Morgan fingerprint density at radius 3 is 2.29 bits per heavy atom. The lowest BCUT2D eigenvalue weighted by molar-refractivity contribution is -0.203. The number of aliphatic hydroxyl groups is 3. The normalized spacial score (nSPS) is 49.3. The summed E-state index contributed by atoms with van der Waals surface area (Å²) in [5.74, 6) is 3.33. The number of aliphatic hydroxyl groups excluding tert-OH is 3. The van der Waals surface area contributed by atoms with Crippen LogP contribution < -0.4 is 5.32 Å². The predicted octanol–water partition coefficient (Wildman–Crippen LogP) is 5.67. The molecule has 0 radical (unpaired) electrons. The molecule has 1 amide bonds. The summed E-state index contributed by atoms with van der Waals surface area (Å²) >= 11 is 0. The van der Waals surface area contributed by atoms with Crippen molar-refractivity contribution >= 4 is 6.09 Å². The highest BCUT2D eigenvalue weighted by Gasteiger charge is 2.64. The SMILES string of the molecule is CC[C@@H]1C2C[C@H](O)CCC2(C)[C@H]2CC[C@]3(C)[C@@H]([C@H](C)CCOC(=O)NC4CCC(O)CC4)CC[C@H]3C2[C@@H]1O.